The fourth-order valence-corrected chi connectivity index (χ4v) is 7.03. The number of sulfonamides is 1. The Morgan fingerprint density at radius 2 is 1.65 bits per heavy atom. The van der Waals surface area contributed by atoms with Crippen LogP contribution in [0, 0.1) is 12.8 Å². The molecule has 51 heavy (non-hydrogen) atoms. The Bertz CT molecular complexity index is 2200. The van der Waals surface area contributed by atoms with Crippen molar-refractivity contribution in [2.45, 2.75) is 44.0 Å². The number of alkyl halides is 3. The molecule has 266 valence electrons. The summed E-state index contributed by atoms with van der Waals surface area (Å²) in [5.41, 5.74) is 1.16. The Hall–Kier alpha value is -5.78. The Morgan fingerprint density at radius 3 is 2.27 bits per heavy atom. The van der Waals surface area contributed by atoms with Crippen LogP contribution in [0.15, 0.2) is 88.4 Å². The number of benzene rings is 3. The molecular formula is C33H30F3N7O7S. The molecule has 2 unspecified atom stereocenters. The third-order valence-corrected chi connectivity index (χ3v) is 10.0. The first-order valence-electron chi connectivity index (χ1n) is 15.8. The van der Waals surface area contributed by atoms with E-state index in [1.807, 2.05) is 6.92 Å². The van der Waals surface area contributed by atoms with E-state index in [2.05, 4.69) is 9.82 Å². The minimum Gasteiger partial charge on any atom is -0.340 e. The van der Waals surface area contributed by atoms with Gasteiger partial charge in [0.05, 0.1) is 39.9 Å². The summed E-state index contributed by atoms with van der Waals surface area (Å²) in [5, 5.41) is 6.30. The van der Waals surface area contributed by atoms with Gasteiger partial charge in [0.15, 0.2) is 5.69 Å². The van der Waals surface area contributed by atoms with Gasteiger partial charge in [-0.3, -0.25) is 19.4 Å². The third-order valence-electron chi connectivity index (χ3n) is 8.68. The van der Waals surface area contributed by atoms with Gasteiger partial charge < -0.3 is 4.84 Å². The number of amides is 3. The van der Waals surface area contributed by atoms with Gasteiger partial charge in [0.25, 0.3) is 21.8 Å². The Morgan fingerprint density at radius 1 is 1.00 bits per heavy atom. The van der Waals surface area contributed by atoms with Gasteiger partial charge in [-0.2, -0.15) is 22.9 Å². The van der Waals surface area contributed by atoms with E-state index in [0.29, 0.717) is 24.9 Å². The molecule has 0 saturated carbocycles. The summed E-state index contributed by atoms with van der Waals surface area (Å²) in [6.45, 7) is 3.85. The number of carbonyl (C=O) groups is 3. The Kier molecular flexibility index (Phi) is 8.28. The van der Waals surface area contributed by atoms with Gasteiger partial charge in [-0.15, -0.1) is 0 Å². The fraction of sp³-hybridized carbons (Fsp3) is 0.273. The predicted molar refractivity (Wildman–Crippen MR) is 172 cm³/mol. The summed E-state index contributed by atoms with van der Waals surface area (Å²) in [7, 11) is -4.36. The highest BCUT2D eigenvalue weighted by Crippen LogP contribution is 2.34. The number of imide groups is 1. The first-order valence-corrected chi connectivity index (χ1v) is 17.3. The maximum Gasteiger partial charge on any atom is 0.435 e. The molecule has 0 bridgehead atoms. The highest BCUT2D eigenvalue weighted by atomic mass is 32.2. The zero-order valence-electron chi connectivity index (χ0n) is 27.1. The lowest BCUT2D eigenvalue weighted by atomic mass is 9.99. The van der Waals surface area contributed by atoms with E-state index >= 15 is 0 Å². The van der Waals surface area contributed by atoms with Gasteiger partial charge in [-0.05, 0) is 69.2 Å². The first-order chi connectivity index (χ1) is 24.2. The summed E-state index contributed by atoms with van der Waals surface area (Å²) < 4.78 is 75.7. The van der Waals surface area contributed by atoms with Crippen molar-refractivity contribution in [2.75, 3.05) is 18.1 Å². The van der Waals surface area contributed by atoms with E-state index in [-0.39, 0.29) is 33.9 Å². The monoisotopic (exact) mass is 725 g/mol. The molecule has 3 aromatic carbocycles. The van der Waals surface area contributed by atoms with E-state index in [1.54, 1.807) is 53.5 Å². The molecule has 0 radical (unpaired) electrons. The maximum absolute atomic E-state index is 13.6. The lowest BCUT2D eigenvalue weighted by molar-refractivity contribution is -0.141. The first kappa shape index (κ1) is 33.7. The maximum atomic E-state index is 13.6. The second-order valence-electron chi connectivity index (χ2n) is 12.2. The van der Waals surface area contributed by atoms with Crippen molar-refractivity contribution in [1.82, 2.24) is 29.4 Å². The molecule has 2 aliphatic heterocycles. The molecule has 7 rings (SSSR count). The Labute approximate surface area is 288 Å². The van der Waals surface area contributed by atoms with Crippen LogP contribution in [0.3, 0.4) is 0 Å². The van der Waals surface area contributed by atoms with Crippen LogP contribution in [0.1, 0.15) is 51.7 Å². The summed E-state index contributed by atoms with van der Waals surface area (Å²) in [6, 6.07) is 19.2. The van der Waals surface area contributed by atoms with Crippen molar-refractivity contribution in [2.24, 2.45) is 5.92 Å². The van der Waals surface area contributed by atoms with Crippen LogP contribution < -0.4 is 14.6 Å². The average molecular weight is 726 g/mol. The lowest BCUT2D eigenvalue weighted by Crippen LogP contribution is -2.49. The molecule has 1 fully saturated rings. The predicted octanol–water partition coefficient (Wildman–Crippen LogP) is 3.99. The van der Waals surface area contributed by atoms with Crippen molar-refractivity contribution in [3.8, 4) is 16.9 Å². The van der Waals surface area contributed by atoms with Crippen molar-refractivity contribution >= 4 is 27.7 Å². The number of aromatic nitrogens is 4. The molecule has 14 nitrogen and oxygen atoms in total. The summed E-state index contributed by atoms with van der Waals surface area (Å²) >= 11 is 0. The summed E-state index contributed by atoms with van der Waals surface area (Å²) in [6.07, 6.45) is -4.86. The molecule has 2 aromatic heterocycles. The smallest absolute Gasteiger partial charge is 0.340 e. The van der Waals surface area contributed by atoms with E-state index in [4.69, 9.17) is 9.47 Å². The van der Waals surface area contributed by atoms with Crippen LogP contribution in [0.25, 0.3) is 16.9 Å². The number of piperidine rings is 1. The van der Waals surface area contributed by atoms with Gasteiger partial charge in [0.1, 0.15) is 5.02 Å². The second-order valence-corrected chi connectivity index (χ2v) is 13.9. The van der Waals surface area contributed by atoms with Crippen molar-refractivity contribution in [3.05, 3.63) is 101 Å². The number of halogens is 3. The van der Waals surface area contributed by atoms with Crippen molar-refractivity contribution < 1.29 is 45.4 Å². The number of carbonyl (C=O) groups excluding carboxylic acids is 3. The summed E-state index contributed by atoms with van der Waals surface area (Å²) in [4.78, 5) is 46.2. The van der Waals surface area contributed by atoms with Crippen LogP contribution >= 0.6 is 0 Å². The molecule has 0 aliphatic carbocycles. The molecule has 18 heteroatoms. The molecule has 2 atom stereocenters. The minimum absolute atomic E-state index is 0.0597. The van der Waals surface area contributed by atoms with Gasteiger partial charge in [-0.1, -0.05) is 42.0 Å². The zero-order chi connectivity index (χ0) is 36.2. The molecule has 0 spiro atoms. The molecule has 4 heterocycles. The number of nitrogens with zero attached hydrogens (tertiary/aromatic N) is 6. The lowest BCUT2D eigenvalue weighted by Gasteiger charge is -2.28. The van der Waals surface area contributed by atoms with E-state index in [9.17, 15) is 36.0 Å². The largest absolute Gasteiger partial charge is 0.435 e. The zero-order valence-corrected chi connectivity index (χ0v) is 27.9. The minimum atomic E-state index is -4.71. The third kappa shape index (κ3) is 6.49. The number of rotatable bonds is 9. The quantitative estimate of drug-likeness (QED) is 0.222. The van der Waals surface area contributed by atoms with Crippen molar-refractivity contribution in [3.63, 3.8) is 0 Å². The van der Waals surface area contributed by atoms with Crippen LogP contribution in [0.5, 0.6) is 0 Å². The fourth-order valence-electron chi connectivity index (χ4n) is 5.99. The van der Waals surface area contributed by atoms with E-state index in [1.165, 1.54) is 36.2 Å². The highest BCUT2D eigenvalue weighted by molar-refractivity contribution is 7.90. The molecule has 1 N–H and O–H groups in total. The number of nitrogens with one attached hydrogen (secondary N) is 1. The van der Waals surface area contributed by atoms with Crippen LogP contribution in [0.4, 0.5) is 13.2 Å². The molecule has 2 aliphatic rings. The van der Waals surface area contributed by atoms with E-state index < -0.39 is 51.8 Å². The van der Waals surface area contributed by atoms with Crippen LogP contribution in [0.2, 0.25) is 0 Å². The normalized spacial score (nSPS) is 17.2. The molecule has 1 saturated heterocycles. The topological polar surface area (TPSA) is 154 Å². The van der Waals surface area contributed by atoms with Gasteiger partial charge in [0, 0.05) is 17.1 Å². The Balaban J connectivity index is 1.000. The van der Waals surface area contributed by atoms with Crippen molar-refractivity contribution in [1.29, 1.82) is 0 Å². The summed E-state index contributed by atoms with van der Waals surface area (Å²) in [5.74, 6) is -2.55. The number of fused-ring (bicyclic) bond motifs is 1. The number of hydrogen-bond donors (Lipinski definition) is 1. The standard InChI is InChI=1S/C33H30F3N7O7S/c1-20-9-11-22(12-10-20)28-18-29(33(34,35)36)37-41(28)24-13-15-25(16-14-24)51(47,48)38-30(44)23-6-5-17-39(19-23)42-43(50-42)49-21(2)40-31(45)26-7-3-4-8-27(26)32(40)46/h3-4,7-16,18,21,23H,5-6,17,19H2,1-2H3,(H,38,44). The van der Waals surface area contributed by atoms with Gasteiger partial charge >= 0.3 is 6.18 Å². The van der Waals surface area contributed by atoms with Crippen LogP contribution in [-0.2, 0) is 21.0 Å². The molecular weight excluding hydrogens is 695 g/mol. The highest BCUT2D eigenvalue weighted by Gasteiger charge is 2.41. The average Bonchev–Trinajstić information content (AvgIpc) is 3.62. The number of aryl methyl sites for hydroxylation is 1. The molecule has 5 aromatic rings. The molecule has 3 amide bonds. The van der Waals surface area contributed by atoms with Crippen LogP contribution in [-0.4, -0.2) is 70.1 Å². The second kappa shape index (κ2) is 12.5. The van der Waals surface area contributed by atoms with Gasteiger partial charge in [-0.25, -0.2) is 22.7 Å². The SMILES string of the molecule is Cc1ccc(-c2cc(C(F)(F)F)nn2-c2ccc(S(=O)(=O)NC(=O)C3CCCN(n4on4OC(C)N4C(=O)c5ccccc5C4=O)C3)cc2)cc1. The van der Waals surface area contributed by atoms with Gasteiger partial charge in [0.2, 0.25) is 12.1 Å². The van der Waals surface area contributed by atoms with E-state index in [0.717, 1.165) is 26.2 Å². The number of hydrogen-bond acceptors (Lipinski definition) is 9.